The van der Waals surface area contributed by atoms with Crippen molar-refractivity contribution in [3.8, 4) is 0 Å². The van der Waals surface area contributed by atoms with E-state index >= 15 is 0 Å². The molecule has 1 amide bonds. The highest BCUT2D eigenvalue weighted by Crippen LogP contribution is 2.32. The Morgan fingerprint density at radius 2 is 1.94 bits per heavy atom. The summed E-state index contributed by atoms with van der Waals surface area (Å²) in [6.45, 7) is 11.5. The quantitative estimate of drug-likeness (QED) is 0.663. The Kier molecular flexibility index (Phi) is 3.61. The van der Waals surface area contributed by atoms with Crippen LogP contribution in [0.5, 0.6) is 0 Å². The number of hydrogen-bond acceptors (Lipinski definition) is 3. The van der Waals surface area contributed by atoms with E-state index in [-0.39, 0.29) is 17.6 Å². The van der Waals surface area contributed by atoms with Gasteiger partial charge in [0.25, 0.3) is 0 Å². The number of nitrogens with zero attached hydrogens (tertiary/aromatic N) is 1. The van der Waals surface area contributed by atoms with Crippen LogP contribution < -0.4 is 5.73 Å². The number of carbonyl (C=O) groups is 1. The molecule has 2 N–H and O–H groups in total. The Hall–Kier alpha value is -0.610. The fourth-order valence-corrected chi connectivity index (χ4v) is 2.44. The van der Waals surface area contributed by atoms with Crippen molar-refractivity contribution in [1.82, 2.24) is 0 Å². The fraction of sp³-hybridized carbons (Fsp3) is 0.923. The Morgan fingerprint density at radius 3 is 2.35 bits per heavy atom. The van der Waals surface area contributed by atoms with Gasteiger partial charge in [0.2, 0.25) is 0 Å². The van der Waals surface area contributed by atoms with Crippen molar-refractivity contribution < 1.29 is 14.0 Å². The SMILES string of the molecule is CC(C)(C)OC(=O)[N+]1(C)CCC(N)C(C)(C)C1. The molecule has 4 heteroatoms. The summed E-state index contributed by atoms with van der Waals surface area (Å²) in [7, 11) is 1.95. The molecule has 1 aliphatic rings. The van der Waals surface area contributed by atoms with E-state index < -0.39 is 5.60 Å². The highest BCUT2D eigenvalue weighted by Gasteiger charge is 2.47. The summed E-state index contributed by atoms with van der Waals surface area (Å²) in [5.41, 5.74) is 5.65. The first-order chi connectivity index (χ1) is 7.46. The van der Waals surface area contributed by atoms with Gasteiger partial charge in [0.05, 0.1) is 20.1 Å². The summed E-state index contributed by atoms with van der Waals surface area (Å²) >= 11 is 0. The maximum Gasteiger partial charge on any atom is 0.516 e. The van der Waals surface area contributed by atoms with Crippen molar-refractivity contribution in [3.05, 3.63) is 0 Å². The highest BCUT2D eigenvalue weighted by molar-refractivity contribution is 5.60. The van der Waals surface area contributed by atoms with E-state index in [9.17, 15) is 4.79 Å². The number of likely N-dealkylation sites (tertiary alicyclic amines) is 1. The molecule has 2 unspecified atom stereocenters. The zero-order valence-electron chi connectivity index (χ0n) is 12.0. The average molecular weight is 243 g/mol. The molecule has 0 aliphatic carbocycles. The van der Waals surface area contributed by atoms with Crippen LogP contribution in [0.25, 0.3) is 0 Å². The lowest BCUT2D eigenvalue weighted by Crippen LogP contribution is -2.63. The summed E-state index contributed by atoms with van der Waals surface area (Å²) in [4.78, 5) is 12.2. The summed E-state index contributed by atoms with van der Waals surface area (Å²) in [5, 5.41) is 0. The molecule has 0 aromatic heterocycles. The van der Waals surface area contributed by atoms with Crippen LogP contribution in [0, 0.1) is 5.41 Å². The van der Waals surface area contributed by atoms with E-state index in [0.29, 0.717) is 4.48 Å². The summed E-state index contributed by atoms with van der Waals surface area (Å²) in [6, 6.07) is 0.163. The third kappa shape index (κ3) is 3.42. The number of rotatable bonds is 0. The van der Waals surface area contributed by atoms with E-state index in [0.717, 1.165) is 19.5 Å². The smallest absolute Gasteiger partial charge is 0.414 e. The Balaban J connectivity index is 2.79. The highest BCUT2D eigenvalue weighted by atomic mass is 16.6. The van der Waals surface area contributed by atoms with Crippen LogP contribution in [-0.2, 0) is 4.74 Å². The number of carbonyl (C=O) groups excluding carboxylic acids is 1. The molecule has 0 aromatic rings. The van der Waals surface area contributed by atoms with Crippen LogP contribution in [0.3, 0.4) is 0 Å². The molecule has 0 radical (unpaired) electrons. The van der Waals surface area contributed by atoms with E-state index in [4.69, 9.17) is 10.5 Å². The third-order valence-corrected chi connectivity index (χ3v) is 3.53. The maximum atomic E-state index is 12.2. The largest absolute Gasteiger partial charge is 0.516 e. The van der Waals surface area contributed by atoms with Crippen molar-refractivity contribution in [2.45, 2.75) is 52.7 Å². The fourth-order valence-electron chi connectivity index (χ4n) is 2.44. The molecule has 2 atom stereocenters. The molecule has 1 saturated heterocycles. The molecule has 0 bridgehead atoms. The van der Waals surface area contributed by atoms with Gasteiger partial charge in [-0.25, -0.2) is 4.48 Å². The van der Waals surface area contributed by atoms with Gasteiger partial charge in [0.15, 0.2) is 0 Å². The molecule has 0 saturated carbocycles. The number of piperidine rings is 1. The predicted molar refractivity (Wildman–Crippen MR) is 68.5 cm³/mol. The van der Waals surface area contributed by atoms with Gasteiger partial charge in [-0.15, -0.1) is 0 Å². The van der Waals surface area contributed by atoms with Gasteiger partial charge in [-0.1, -0.05) is 13.8 Å². The normalized spacial score (nSPS) is 33.2. The first-order valence-corrected chi connectivity index (χ1v) is 6.30. The van der Waals surface area contributed by atoms with Crippen LogP contribution in [0.1, 0.15) is 41.0 Å². The number of amides is 1. The van der Waals surface area contributed by atoms with Gasteiger partial charge in [-0.2, -0.15) is 4.79 Å². The first-order valence-electron chi connectivity index (χ1n) is 6.30. The molecule has 100 valence electrons. The molecular weight excluding hydrogens is 216 g/mol. The minimum Gasteiger partial charge on any atom is -0.414 e. The second kappa shape index (κ2) is 4.25. The molecule has 4 nitrogen and oxygen atoms in total. The van der Waals surface area contributed by atoms with Crippen molar-refractivity contribution >= 4 is 6.09 Å². The molecule has 1 rings (SSSR count). The van der Waals surface area contributed by atoms with Crippen LogP contribution in [0.4, 0.5) is 4.79 Å². The minimum atomic E-state index is -0.429. The van der Waals surface area contributed by atoms with Gasteiger partial charge in [-0.05, 0) is 20.8 Å². The topological polar surface area (TPSA) is 52.3 Å². The number of nitrogens with two attached hydrogens (primary N) is 1. The first kappa shape index (κ1) is 14.5. The lowest BCUT2D eigenvalue weighted by molar-refractivity contribution is -0.852. The average Bonchev–Trinajstić information content (AvgIpc) is 2.08. The molecule has 0 aromatic carbocycles. The van der Waals surface area contributed by atoms with Crippen LogP contribution >= 0.6 is 0 Å². The van der Waals surface area contributed by atoms with E-state index in [1.807, 2.05) is 27.8 Å². The molecule has 17 heavy (non-hydrogen) atoms. The van der Waals surface area contributed by atoms with Gasteiger partial charge in [0, 0.05) is 17.9 Å². The van der Waals surface area contributed by atoms with Gasteiger partial charge < -0.3 is 10.5 Å². The number of ether oxygens (including phenoxy) is 1. The Morgan fingerprint density at radius 1 is 1.41 bits per heavy atom. The van der Waals surface area contributed by atoms with Crippen molar-refractivity contribution in [1.29, 1.82) is 0 Å². The van der Waals surface area contributed by atoms with Gasteiger partial charge in [-0.3, -0.25) is 0 Å². The lowest BCUT2D eigenvalue weighted by atomic mass is 9.79. The summed E-state index contributed by atoms with van der Waals surface area (Å²) in [5.74, 6) is 0. The third-order valence-electron chi connectivity index (χ3n) is 3.53. The van der Waals surface area contributed by atoms with Crippen molar-refractivity contribution in [2.24, 2.45) is 11.1 Å². The number of hydrogen-bond donors (Lipinski definition) is 1. The molecule has 1 aliphatic heterocycles. The molecule has 1 fully saturated rings. The summed E-state index contributed by atoms with van der Waals surface area (Å²) < 4.78 is 5.83. The van der Waals surface area contributed by atoms with Crippen LogP contribution in [0.2, 0.25) is 0 Å². The Bertz CT molecular complexity index is 307. The second-order valence-electron chi connectivity index (χ2n) is 7.14. The van der Waals surface area contributed by atoms with E-state index in [1.54, 1.807) is 0 Å². The zero-order chi connectivity index (χ0) is 13.5. The molecular formula is C13H27N2O2+. The predicted octanol–water partition coefficient (Wildman–Crippen LogP) is 2.13. The second-order valence-corrected chi connectivity index (χ2v) is 7.14. The van der Waals surface area contributed by atoms with Gasteiger partial charge >= 0.3 is 6.09 Å². The van der Waals surface area contributed by atoms with Crippen LogP contribution in [-0.4, -0.2) is 42.4 Å². The lowest BCUT2D eigenvalue weighted by Gasteiger charge is -2.45. The van der Waals surface area contributed by atoms with Gasteiger partial charge in [0.1, 0.15) is 5.60 Å². The summed E-state index contributed by atoms with van der Waals surface area (Å²) in [6.07, 6.45) is 0.723. The monoisotopic (exact) mass is 243 g/mol. The standard InChI is InChI=1S/C13H27N2O2/c1-12(2,3)17-11(16)15(6)8-7-10(14)13(4,5)9-15/h10H,7-9,14H2,1-6H3/q+1. The Labute approximate surface area is 105 Å². The number of quaternary nitrogens is 1. The minimum absolute atomic E-state index is 0.0239. The molecule has 0 spiro atoms. The van der Waals surface area contributed by atoms with E-state index in [2.05, 4.69) is 13.8 Å². The maximum absolute atomic E-state index is 12.2. The molecule has 1 heterocycles. The van der Waals surface area contributed by atoms with Crippen molar-refractivity contribution in [3.63, 3.8) is 0 Å². The zero-order valence-corrected chi connectivity index (χ0v) is 12.0. The van der Waals surface area contributed by atoms with Crippen molar-refractivity contribution in [2.75, 3.05) is 20.1 Å². The van der Waals surface area contributed by atoms with E-state index in [1.165, 1.54) is 0 Å². The van der Waals surface area contributed by atoms with Crippen LogP contribution in [0.15, 0.2) is 0 Å².